The van der Waals surface area contributed by atoms with Crippen LogP contribution in [-0.2, 0) is 0 Å². The molecule has 0 atom stereocenters. The first-order valence-corrected chi connectivity index (χ1v) is 12.9. The molecule has 11 heteroatoms. The Labute approximate surface area is 205 Å². The number of thioether (sulfide) groups is 1. The van der Waals surface area contributed by atoms with Crippen LogP contribution in [0.1, 0.15) is 67.4 Å². The Kier molecular flexibility index (Phi) is 6.50. The number of Topliss-reactive ketones (excluding diaryl/α,β-unsaturated/α-hetero) is 1. The molecule has 3 N–H and O–H groups in total. The highest BCUT2D eigenvalue weighted by molar-refractivity contribution is 7.99. The lowest BCUT2D eigenvalue weighted by molar-refractivity contribution is 0.102. The zero-order valence-corrected chi connectivity index (χ0v) is 20.3. The smallest absolute Gasteiger partial charge is 0.330 e. The van der Waals surface area contributed by atoms with Gasteiger partial charge in [-0.2, -0.15) is 0 Å². The number of methoxy groups -OCH3 is 1. The van der Waals surface area contributed by atoms with Gasteiger partial charge in [0, 0.05) is 12.1 Å². The van der Waals surface area contributed by atoms with Crippen LogP contribution >= 0.6 is 11.8 Å². The molecule has 2 fully saturated rings. The fourth-order valence-corrected chi connectivity index (χ4v) is 5.67. The van der Waals surface area contributed by atoms with Crippen LogP contribution in [0.25, 0.3) is 11.4 Å². The molecule has 35 heavy (non-hydrogen) atoms. The first kappa shape index (κ1) is 23.4. The summed E-state index contributed by atoms with van der Waals surface area (Å²) in [5, 5.41) is 9.50. The molecule has 2 saturated carbocycles. The molecule has 1 aromatic carbocycles. The van der Waals surface area contributed by atoms with Gasteiger partial charge in [-0.15, -0.1) is 10.2 Å². The minimum Gasteiger partial charge on any atom is -0.496 e. The van der Waals surface area contributed by atoms with E-state index in [9.17, 15) is 14.4 Å². The zero-order valence-electron chi connectivity index (χ0n) is 19.5. The van der Waals surface area contributed by atoms with Crippen molar-refractivity contribution in [2.24, 2.45) is 0 Å². The number of nitrogens with zero attached hydrogens (tertiary/aromatic N) is 4. The maximum Gasteiger partial charge on any atom is 0.330 e. The summed E-state index contributed by atoms with van der Waals surface area (Å²) in [5.41, 5.74) is 5.47. The third-order valence-corrected chi connectivity index (χ3v) is 7.60. The van der Waals surface area contributed by atoms with Crippen LogP contribution in [0.3, 0.4) is 0 Å². The Morgan fingerprint density at radius 3 is 2.51 bits per heavy atom. The predicted molar refractivity (Wildman–Crippen MR) is 133 cm³/mol. The van der Waals surface area contributed by atoms with Crippen LogP contribution in [0.15, 0.2) is 39.0 Å². The molecule has 10 nitrogen and oxygen atoms in total. The summed E-state index contributed by atoms with van der Waals surface area (Å²) in [4.78, 5) is 40.0. The van der Waals surface area contributed by atoms with Gasteiger partial charge in [0.1, 0.15) is 17.1 Å². The quantitative estimate of drug-likeness (QED) is 0.358. The van der Waals surface area contributed by atoms with Crippen molar-refractivity contribution in [3.63, 3.8) is 0 Å². The second-order valence-electron chi connectivity index (χ2n) is 9.00. The summed E-state index contributed by atoms with van der Waals surface area (Å²) in [6, 6.07) is 7.81. The number of carbonyl (C=O) groups is 1. The number of carbonyl (C=O) groups excluding carboxylic acids is 1. The largest absolute Gasteiger partial charge is 0.496 e. The summed E-state index contributed by atoms with van der Waals surface area (Å²) < 4.78 is 8.98. The molecule has 2 aromatic heterocycles. The fourth-order valence-electron chi connectivity index (χ4n) is 4.79. The van der Waals surface area contributed by atoms with E-state index in [-0.39, 0.29) is 29.2 Å². The Morgan fingerprint density at radius 1 is 1.09 bits per heavy atom. The highest BCUT2D eigenvalue weighted by atomic mass is 32.2. The Balaban J connectivity index is 1.47. The van der Waals surface area contributed by atoms with Crippen molar-refractivity contribution in [1.82, 2.24) is 24.3 Å². The molecule has 184 valence electrons. The minimum absolute atomic E-state index is 0.0487. The molecular weight excluding hydrogens is 468 g/mol. The number of ether oxygens (including phenoxy) is 1. The van der Waals surface area contributed by atoms with Crippen molar-refractivity contribution in [2.75, 3.05) is 18.6 Å². The van der Waals surface area contributed by atoms with E-state index in [1.807, 2.05) is 24.3 Å². The van der Waals surface area contributed by atoms with E-state index in [1.165, 1.54) is 22.7 Å². The van der Waals surface area contributed by atoms with Gasteiger partial charge in [-0.1, -0.05) is 43.2 Å². The van der Waals surface area contributed by atoms with E-state index in [2.05, 4.69) is 19.7 Å². The number of rotatable bonds is 8. The number of nitrogens with two attached hydrogens (primary N) is 1. The molecule has 0 aliphatic heterocycles. The maximum atomic E-state index is 13.1. The van der Waals surface area contributed by atoms with E-state index in [1.54, 1.807) is 7.11 Å². The lowest BCUT2D eigenvalue weighted by atomic mass is 9.95. The van der Waals surface area contributed by atoms with Crippen LogP contribution in [0.2, 0.25) is 0 Å². The molecule has 2 aliphatic carbocycles. The van der Waals surface area contributed by atoms with Gasteiger partial charge in [0.25, 0.3) is 5.56 Å². The summed E-state index contributed by atoms with van der Waals surface area (Å²) in [6.07, 6.45) is 7.03. The molecule has 2 heterocycles. The third-order valence-electron chi connectivity index (χ3n) is 6.66. The average Bonchev–Trinajstić information content (AvgIpc) is 3.60. The van der Waals surface area contributed by atoms with Crippen molar-refractivity contribution >= 4 is 23.4 Å². The van der Waals surface area contributed by atoms with Crippen LogP contribution in [-0.4, -0.2) is 43.0 Å². The van der Waals surface area contributed by atoms with Crippen molar-refractivity contribution in [2.45, 2.75) is 62.2 Å². The second kappa shape index (κ2) is 9.73. The number of hydrogen-bond donors (Lipinski definition) is 2. The number of para-hydroxylation sites is 1. The van der Waals surface area contributed by atoms with Crippen LogP contribution in [0.4, 0.5) is 5.82 Å². The number of aromatic amines is 1. The third kappa shape index (κ3) is 4.52. The number of H-pyrrole nitrogens is 1. The van der Waals surface area contributed by atoms with E-state index in [0.717, 1.165) is 44.1 Å². The zero-order chi connectivity index (χ0) is 24.5. The van der Waals surface area contributed by atoms with Crippen LogP contribution < -0.4 is 21.7 Å². The number of anilines is 1. The summed E-state index contributed by atoms with van der Waals surface area (Å²) >= 11 is 1.23. The van der Waals surface area contributed by atoms with E-state index in [0.29, 0.717) is 16.7 Å². The van der Waals surface area contributed by atoms with E-state index < -0.39 is 17.0 Å². The second-order valence-corrected chi connectivity index (χ2v) is 9.94. The Bertz CT molecular complexity index is 1370. The number of aromatic nitrogens is 5. The molecule has 5 rings (SSSR count). The lowest BCUT2D eigenvalue weighted by Gasteiger charge is -2.26. The molecule has 0 radical (unpaired) electrons. The molecule has 0 amide bonds. The molecule has 0 unspecified atom stereocenters. The van der Waals surface area contributed by atoms with Gasteiger partial charge in [0.05, 0.1) is 18.4 Å². The number of nitrogens with one attached hydrogen (secondary N) is 1. The van der Waals surface area contributed by atoms with Crippen LogP contribution in [0, 0.1) is 0 Å². The van der Waals surface area contributed by atoms with Crippen molar-refractivity contribution in [1.29, 1.82) is 0 Å². The van der Waals surface area contributed by atoms with E-state index >= 15 is 0 Å². The fraction of sp³-hybridized carbons (Fsp3) is 0.458. The maximum absolute atomic E-state index is 13.1. The number of hydrogen-bond acceptors (Lipinski definition) is 8. The average molecular weight is 497 g/mol. The van der Waals surface area contributed by atoms with Gasteiger partial charge in [0.2, 0.25) is 0 Å². The molecule has 0 bridgehead atoms. The topological polar surface area (TPSA) is 138 Å². The molecule has 0 saturated heterocycles. The molecular formula is C24H28N6O4S. The van der Waals surface area contributed by atoms with Crippen LogP contribution in [0.5, 0.6) is 5.75 Å². The van der Waals surface area contributed by atoms with Crippen molar-refractivity contribution in [3.05, 3.63) is 50.7 Å². The van der Waals surface area contributed by atoms with Gasteiger partial charge < -0.3 is 10.5 Å². The molecule has 3 aromatic rings. The first-order valence-electron chi connectivity index (χ1n) is 11.9. The van der Waals surface area contributed by atoms with Crippen molar-refractivity contribution < 1.29 is 9.53 Å². The first-order chi connectivity index (χ1) is 17.0. The van der Waals surface area contributed by atoms with Gasteiger partial charge in [-0.3, -0.25) is 23.7 Å². The van der Waals surface area contributed by atoms with Gasteiger partial charge in [-0.05, 0) is 37.8 Å². The molecule has 2 aliphatic rings. The standard InChI is InChI=1S/C24H28N6O4S/c1-34-18-10-6-5-9-16(18)21-27-28-24(30(21)14-7-3-2-4-8-14)35-13-17(31)19-20(25)29(15-11-12-15)23(33)26-22(19)32/h5-6,9-10,14-15H,2-4,7-8,11-13,25H2,1H3,(H,26,32,33). The number of benzene rings is 1. The molecule has 0 spiro atoms. The normalized spacial score (nSPS) is 16.4. The van der Waals surface area contributed by atoms with E-state index in [4.69, 9.17) is 10.5 Å². The Hall–Kier alpha value is -3.34. The predicted octanol–water partition coefficient (Wildman–Crippen LogP) is 3.20. The summed E-state index contributed by atoms with van der Waals surface area (Å²) in [7, 11) is 1.62. The number of ketones is 1. The van der Waals surface area contributed by atoms with Gasteiger partial charge in [0.15, 0.2) is 16.8 Å². The minimum atomic E-state index is -0.751. The summed E-state index contributed by atoms with van der Waals surface area (Å²) in [6.45, 7) is 0. The van der Waals surface area contributed by atoms with Crippen molar-refractivity contribution in [3.8, 4) is 17.1 Å². The number of nitrogen functional groups attached to an aromatic ring is 1. The lowest BCUT2D eigenvalue weighted by Crippen LogP contribution is -2.36. The summed E-state index contributed by atoms with van der Waals surface area (Å²) in [5.74, 6) is 0.845. The van der Waals surface area contributed by atoms with Gasteiger partial charge >= 0.3 is 5.69 Å². The van der Waals surface area contributed by atoms with Gasteiger partial charge in [-0.25, -0.2) is 4.79 Å². The monoisotopic (exact) mass is 496 g/mol. The SMILES string of the molecule is COc1ccccc1-c1nnc(SCC(=O)c2c(N)n(C3CC3)c(=O)[nH]c2=O)n1C1CCCCC1. The highest BCUT2D eigenvalue weighted by Gasteiger charge is 2.31. The highest BCUT2D eigenvalue weighted by Crippen LogP contribution is 2.38. The Morgan fingerprint density at radius 2 is 1.80 bits per heavy atom.